The number of alkyl halides is 3. The minimum atomic E-state index is -4.80. The zero-order valence-corrected chi connectivity index (χ0v) is 19.4. The fourth-order valence-corrected chi connectivity index (χ4v) is 3.62. The Morgan fingerprint density at radius 1 is 1.34 bits per heavy atom. The Hall–Kier alpha value is -3.13. The van der Waals surface area contributed by atoms with E-state index in [9.17, 15) is 22.8 Å². The van der Waals surface area contributed by atoms with E-state index in [1.165, 1.54) is 10.7 Å². The highest BCUT2D eigenvalue weighted by Crippen LogP contribution is 2.35. The number of alkyl carbamates (subject to hydrolysis) is 1. The Balaban J connectivity index is 1.34. The standard InChI is InChI=1S/C21H27F3N6O5/c1-11(2)30-15(6-12(29-30)9-34-21(22,23)24)18(31)25-17-8-14(27-28-17)16-7-13(10-33-16)35-19(32)26-20(3)4-5-20/h6,8,11,13,16H,4-5,7,9-10H2,1-3H3,(H,26,32)(H2,25,27,28,31)/t13-,16-/m0/s1. The summed E-state index contributed by atoms with van der Waals surface area (Å²) in [5, 5.41) is 16.3. The first-order valence-corrected chi connectivity index (χ1v) is 11.2. The quantitative estimate of drug-likeness (QED) is 0.505. The van der Waals surface area contributed by atoms with Crippen LogP contribution >= 0.6 is 0 Å². The van der Waals surface area contributed by atoms with Crippen LogP contribution in [0.15, 0.2) is 12.1 Å². The minimum Gasteiger partial charge on any atom is -0.444 e. The SMILES string of the molecule is CC(C)n1nc(COC(F)(F)F)cc1C(=O)Nc1cc([C@@H]2C[C@H](OC(=O)NC3(C)CC3)CO2)[nH]n1. The van der Waals surface area contributed by atoms with E-state index in [2.05, 4.69) is 30.7 Å². The lowest BCUT2D eigenvalue weighted by molar-refractivity contribution is -0.330. The summed E-state index contributed by atoms with van der Waals surface area (Å²) in [6, 6.07) is 2.54. The van der Waals surface area contributed by atoms with E-state index >= 15 is 0 Å². The Bertz CT molecular complexity index is 1080. The molecule has 2 aromatic heterocycles. The highest BCUT2D eigenvalue weighted by molar-refractivity contribution is 6.02. The number of anilines is 1. The lowest BCUT2D eigenvalue weighted by Crippen LogP contribution is -2.37. The molecule has 3 heterocycles. The van der Waals surface area contributed by atoms with Gasteiger partial charge in [0.05, 0.1) is 18.0 Å². The van der Waals surface area contributed by atoms with Crippen LogP contribution in [0, 0.1) is 0 Å². The van der Waals surface area contributed by atoms with Gasteiger partial charge in [0.1, 0.15) is 24.5 Å². The molecule has 0 spiro atoms. The van der Waals surface area contributed by atoms with E-state index in [1.54, 1.807) is 19.9 Å². The summed E-state index contributed by atoms with van der Waals surface area (Å²) in [7, 11) is 0. The van der Waals surface area contributed by atoms with Gasteiger partial charge < -0.3 is 20.1 Å². The summed E-state index contributed by atoms with van der Waals surface area (Å²) in [5.74, 6) is -0.400. The van der Waals surface area contributed by atoms with Crippen molar-refractivity contribution in [2.24, 2.45) is 0 Å². The third kappa shape index (κ3) is 6.51. The number of nitrogens with one attached hydrogen (secondary N) is 3. The number of carbonyl (C=O) groups excluding carboxylic acids is 2. The predicted molar refractivity (Wildman–Crippen MR) is 114 cm³/mol. The molecule has 0 bridgehead atoms. The normalized spacial score (nSPS) is 21.2. The van der Waals surface area contributed by atoms with Gasteiger partial charge in [-0.05, 0) is 39.7 Å². The Labute approximate surface area is 198 Å². The Morgan fingerprint density at radius 2 is 2.09 bits per heavy atom. The molecule has 192 valence electrons. The maximum Gasteiger partial charge on any atom is 0.522 e. The molecule has 2 fully saturated rings. The van der Waals surface area contributed by atoms with Crippen LogP contribution in [0.1, 0.15) is 74.1 Å². The van der Waals surface area contributed by atoms with Gasteiger partial charge in [0.25, 0.3) is 5.91 Å². The van der Waals surface area contributed by atoms with Gasteiger partial charge in [-0.3, -0.25) is 19.3 Å². The second kappa shape index (κ2) is 9.49. The molecule has 1 aliphatic carbocycles. The van der Waals surface area contributed by atoms with Crippen LogP contribution in [0.2, 0.25) is 0 Å². The fourth-order valence-electron chi connectivity index (χ4n) is 3.62. The molecule has 2 amide bonds. The number of aromatic nitrogens is 4. The van der Waals surface area contributed by atoms with Crippen molar-refractivity contribution in [2.75, 3.05) is 11.9 Å². The topological polar surface area (TPSA) is 132 Å². The molecule has 3 N–H and O–H groups in total. The van der Waals surface area contributed by atoms with Gasteiger partial charge >= 0.3 is 12.5 Å². The number of halogens is 3. The highest BCUT2D eigenvalue weighted by atomic mass is 19.4. The molecule has 4 rings (SSSR count). The molecule has 1 saturated heterocycles. The maximum absolute atomic E-state index is 12.8. The van der Waals surface area contributed by atoms with Gasteiger partial charge in [-0.15, -0.1) is 13.2 Å². The number of rotatable bonds is 8. The van der Waals surface area contributed by atoms with E-state index in [1.807, 2.05) is 6.92 Å². The summed E-state index contributed by atoms with van der Waals surface area (Å²) < 4.78 is 53.3. The zero-order chi connectivity index (χ0) is 25.4. The maximum atomic E-state index is 12.8. The first kappa shape index (κ1) is 25.0. The van der Waals surface area contributed by atoms with Crippen molar-refractivity contribution in [3.63, 3.8) is 0 Å². The molecule has 2 atom stereocenters. The van der Waals surface area contributed by atoms with Gasteiger partial charge in [-0.25, -0.2) is 4.79 Å². The number of nitrogens with zero attached hydrogens (tertiary/aromatic N) is 3. The summed E-state index contributed by atoms with van der Waals surface area (Å²) in [4.78, 5) is 24.8. The Morgan fingerprint density at radius 3 is 2.74 bits per heavy atom. The summed E-state index contributed by atoms with van der Waals surface area (Å²) in [6.07, 6.45) is -3.83. The first-order valence-electron chi connectivity index (χ1n) is 11.2. The molecule has 2 aliphatic rings. The van der Waals surface area contributed by atoms with Crippen molar-refractivity contribution in [3.8, 4) is 0 Å². The largest absolute Gasteiger partial charge is 0.522 e. The van der Waals surface area contributed by atoms with Gasteiger partial charge in [-0.2, -0.15) is 10.2 Å². The van der Waals surface area contributed by atoms with Crippen LogP contribution < -0.4 is 10.6 Å². The fraction of sp³-hybridized carbons (Fsp3) is 0.619. The average Bonchev–Trinajstić information content (AvgIpc) is 3.19. The molecule has 1 saturated carbocycles. The van der Waals surface area contributed by atoms with Crippen molar-refractivity contribution < 1.29 is 37.0 Å². The van der Waals surface area contributed by atoms with Gasteiger partial charge in [-0.1, -0.05) is 0 Å². The van der Waals surface area contributed by atoms with Gasteiger partial charge in [0, 0.05) is 24.1 Å². The molecule has 11 nitrogen and oxygen atoms in total. The lowest BCUT2D eigenvalue weighted by Gasteiger charge is -2.15. The number of hydrogen-bond donors (Lipinski definition) is 3. The molecular formula is C21H27F3N6O5. The number of ether oxygens (including phenoxy) is 3. The average molecular weight is 500 g/mol. The van der Waals surface area contributed by atoms with E-state index in [-0.39, 0.29) is 35.4 Å². The van der Waals surface area contributed by atoms with Gasteiger partial charge in [0.15, 0.2) is 5.82 Å². The van der Waals surface area contributed by atoms with E-state index in [0.29, 0.717) is 12.1 Å². The second-order valence-corrected chi connectivity index (χ2v) is 9.23. The highest BCUT2D eigenvalue weighted by Gasteiger charge is 2.40. The number of H-pyrrole nitrogens is 1. The van der Waals surface area contributed by atoms with Crippen molar-refractivity contribution in [3.05, 3.63) is 29.2 Å². The van der Waals surface area contributed by atoms with Gasteiger partial charge in [0.2, 0.25) is 0 Å². The molecule has 14 heteroatoms. The third-order valence-corrected chi connectivity index (χ3v) is 5.72. The summed E-state index contributed by atoms with van der Waals surface area (Å²) >= 11 is 0. The van der Waals surface area contributed by atoms with E-state index in [0.717, 1.165) is 12.8 Å². The van der Waals surface area contributed by atoms with Crippen LogP contribution in [0.4, 0.5) is 23.8 Å². The monoisotopic (exact) mass is 500 g/mol. The molecule has 35 heavy (non-hydrogen) atoms. The van der Waals surface area contributed by atoms with E-state index in [4.69, 9.17) is 9.47 Å². The van der Waals surface area contributed by atoms with Crippen LogP contribution in [0.5, 0.6) is 0 Å². The first-order chi connectivity index (χ1) is 16.4. The summed E-state index contributed by atoms with van der Waals surface area (Å²) in [5.41, 5.74) is 0.432. The smallest absolute Gasteiger partial charge is 0.444 e. The third-order valence-electron chi connectivity index (χ3n) is 5.72. The number of carbonyl (C=O) groups is 2. The van der Waals surface area contributed by atoms with Crippen molar-refractivity contribution >= 4 is 17.8 Å². The molecule has 2 aromatic rings. The second-order valence-electron chi connectivity index (χ2n) is 9.23. The van der Waals surface area contributed by atoms with Crippen LogP contribution in [0.25, 0.3) is 0 Å². The Kier molecular flexibility index (Phi) is 6.77. The molecular weight excluding hydrogens is 473 g/mol. The number of amides is 2. The minimum absolute atomic E-state index is 0.0333. The molecule has 1 aliphatic heterocycles. The van der Waals surface area contributed by atoms with Crippen molar-refractivity contribution in [1.82, 2.24) is 25.3 Å². The van der Waals surface area contributed by atoms with E-state index < -0.39 is 37.2 Å². The molecule has 0 unspecified atom stereocenters. The van der Waals surface area contributed by atoms with Crippen LogP contribution in [-0.4, -0.2) is 56.6 Å². The van der Waals surface area contributed by atoms with Crippen molar-refractivity contribution in [1.29, 1.82) is 0 Å². The lowest BCUT2D eigenvalue weighted by atomic mass is 10.1. The molecule has 0 aromatic carbocycles. The van der Waals surface area contributed by atoms with Crippen LogP contribution in [0.3, 0.4) is 0 Å². The predicted octanol–water partition coefficient (Wildman–Crippen LogP) is 3.58. The molecule has 0 radical (unpaired) electrons. The number of aromatic amines is 1. The zero-order valence-electron chi connectivity index (χ0n) is 19.4. The number of hydrogen-bond acceptors (Lipinski definition) is 7. The van der Waals surface area contributed by atoms with Crippen LogP contribution in [-0.2, 0) is 20.8 Å². The van der Waals surface area contributed by atoms with Crippen molar-refractivity contribution in [2.45, 2.75) is 76.8 Å². The summed E-state index contributed by atoms with van der Waals surface area (Å²) in [6.45, 7) is 4.85.